The molecular formula is C21H18FNO2. The molecule has 126 valence electrons. The Morgan fingerprint density at radius 3 is 2.52 bits per heavy atom. The van der Waals surface area contributed by atoms with E-state index in [9.17, 15) is 4.39 Å². The van der Waals surface area contributed by atoms with Crippen LogP contribution >= 0.6 is 0 Å². The van der Waals surface area contributed by atoms with E-state index in [2.05, 4.69) is 4.99 Å². The Bertz CT molecular complexity index is 860. The van der Waals surface area contributed by atoms with Crippen molar-refractivity contribution in [3.05, 3.63) is 89.7 Å². The smallest absolute Gasteiger partial charge is 0.128 e. The Kier molecular flexibility index (Phi) is 5.42. The summed E-state index contributed by atoms with van der Waals surface area (Å²) in [6.45, 7) is 0.297. The van der Waals surface area contributed by atoms with Crippen LogP contribution in [0.15, 0.2) is 77.8 Å². The lowest BCUT2D eigenvalue weighted by atomic mass is 10.2. The zero-order chi connectivity index (χ0) is 17.5. The summed E-state index contributed by atoms with van der Waals surface area (Å²) < 4.78 is 24.2. The summed E-state index contributed by atoms with van der Waals surface area (Å²) in [5.41, 5.74) is 2.46. The van der Waals surface area contributed by atoms with Crippen LogP contribution < -0.4 is 9.47 Å². The molecule has 0 saturated heterocycles. The topological polar surface area (TPSA) is 30.8 Å². The number of hydrogen-bond donors (Lipinski definition) is 0. The van der Waals surface area contributed by atoms with Crippen LogP contribution in [0, 0.1) is 5.82 Å². The van der Waals surface area contributed by atoms with Crippen molar-refractivity contribution < 1.29 is 13.9 Å². The van der Waals surface area contributed by atoms with Crippen molar-refractivity contribution >= 4 is 11.9 Å². The second kappa shape index (κ2) is 8.11. The number of rotatable bonds is 6. The molecule has 0 saturated carbocycles. The molecule has 0 unspecified atom stereocenters. The van der Waals surface area contributed by atoms with Gasteiger partial charge in [0.05, 0.1) is 12.8 Å². The lowest BCUT2D eigenvalue weighted by molar-refractivity contribution is 0.305. The lowest BCUT2D eigenvalue weighted by Gasteiger charge is -2.09. The van der Waals surface area contributed by atoms with Gasteiger partial charge < -0.3 is 9.47 Å². The highest BCUT2D eigenvalue weighted by molar-refractivity contribution is 5.85. The van der Waals surface area contributed by atoms with Gasteiger partial charge in [0, 0.05) is 11.8 Å². The fourth-order valence-electron chi connectivity index (χ4n) is 2.32. The van der Waals surface area contributed by atoms with Gasteiger partial charge >= 0.3 is 0 Å². The van der Waals surface area contributed by atoms with Crippen LogP contribution in [0.25, 0.3) is 0 Å². The fraction of sp³-hybridized carbons (Fsp3) is 0.0952. The first kappa shape index (κ1) is 16.7. The van der Waals surface area contributed by atoms with Crippen molar-refractivity contribution in [2.45, 2.75) is 6.61 Å². The van der Waals surface area contributed by atoms with Crippen molar-refractivity contribution in [1.82, 2.24) is 0 Å². The Morgan fingerprint density at radius 1 is 0.960 bits per heavy atom. The van der Waals surface area contributed by atoms with Gasteiger partial charge in [0.25, 0.3) is 0 Å². The van der Waals surface area contributed by atoms with Gasteiger partial charge in [0.1, 0.15) is 23.9 Å². The molecule has 4 heteroatoms. The van der Waals surface area contributed by atoms with Crippen molar-refractivity contribution in [2.75, 3.05) is 7.11 Å². The van der Waals surface area contributed by atoms with Crippen molar-refractivity contribution in [1.29, 1.82) is 0 Å². The van der Waals surface area contributed by atoms with Crippen LogP contribution in [-0.4, -0.2) is 13.3 Å². The minimum Gasteiger partial charge on any atom is -0.497 e. The minimum absolute atomic E-state index is 0.268. The Morgan fingerprint density at radius 2 is 1.76 bits per heavy atom. The molecule has 0 spiro atoms. The van der Waals surface area contributed by atoms with Gasteiger partial charge in [-0.2, -0.15) is 0 Å². The second-order valence-electron chi connectivity index (χ2n) is 5.41. The molecule has 0 aliphatic rings. The molecule has 0 heterocycles. The molecule has 0 N–H and O–H groups in total. The third-order valence-corrected chi connectivity index (χ3v) is 3.63. The molecule has 0 radical (unpaired) electrons. The van der Waals surface area contributed by atoms with Crippen LogP contribution in [0.4, 0.5) is 10.1 Å². The number of benzene rings is 3. The highest BCUT2D eigenvalue weighted by atomic mass is 19.1. The van der Waals surface area contributed by atoms with Crippen molar-refractivity contribution in [2.24, 2.45) is 4.99 Å². The molecule has 0 aliphatic heterocycles. The van der Waals surface area contributed by atoms with E-state index in [-0.39, 0.29) is 5.82 Å². The molecule has 0 aromatic heterocycles. The number of aliphatic imine (C=N–C) groups is 1. The van der Waals surface area contributed by atoms with Gasteiger partial charge in [-0.25, -0.2) is 4.39 Å². The summed E-state index contributed by atoms with van der Waals surface area (Å²) in [6.07, 6.45) is 1.75. The molecule has 0 bridgehead atoms. The van der Waals surface area contributed by atoms with Crippen LogP contribution in [-0.2, 0) is 6.61 Å². The predicted molar refractivity (Wildman–Crippen MR) is 97.4 cm³/mol. The minimum atomic E-state index is -0.268. The molecule has 0 fully saturated rings. The average molecular weight is 335 g/mol. The summed E-state index contributed by atoms with van der Waals surface area (Å²) >= 11 is 0. The maximum Gasteiger partial charge on any atom is 0.128 e. The summed E-state index contributed by atoms with van der Waals surface area (Å²) in [7, 11) is 1.63. The van der Waals surface area contributed by atoms with Crippen molar-refractivity contribution in [3.8, 4) is 11.5 Å². The van der Waals surface area contributed by atoms with E-state index in [4.69, 9.17) is 9.47 Å². The zero-order valence-electron chi connectivity index (χ0n) is 13.9. The summed E-state index contributed by atoms with van der Waals surface area (Å²) in [4.78, 5) is 4.46. The van der Waals surface area contributed by atoms with Gasteiger partial charge in [0.2, 0.25) is 0 Å². The SMILES string of the molecule is COc1ccc(N=Cc2ccccc2OCc2cccc(F)c2)cc1. The van der Waals surface area contributed by atoms with Crippen LogP contribution in [0.1, 0.15) is 11.1 Å². The van der Waals surface area contributed by atoms with E-state index in [0.29, 0.717) is 12.4 Å². The summed E-state index contributed by atoms with van der Waals surface area (Å²) in [5, 5.41) is 0. The maximum absolute atomic E-state index is 13.2. The van der Waals surface area contributed by atoms with E-state index in [1.54, 1.807) is 19.4 Å². The number of hydrogen-bond acceptors (Lipinski definition) is 3. The van der Waals surface area contributed by atoms with Crippen LogP contribution in [0.5, 0.6) is 11.5 Å². The first-order chi connectivity index (χ1) is 12.2. The lowest BCUT2D eigenvalue weighted by Crippen LogP contribution is -1.98. The number of ether oxygens (including phenoxy) is 2. The second-order valence-corrected chi connectivity index (χ2v) is 5.41. The predicted octanol–water partition coefficient (Wildman–Crippen LogP) is 5.16. The monoisotopic (exact) mass is 335 g/mol. The van der Waals surface area contributed by atoms with Gasteiger partial charge in [-0.15, -0.1) is 0 Å². The Labute approximate surface area is 146 Å². The van der Waals surface area contributed by atoms with Crippen molar-refractivity contribution in [3.63, 3.8) is 0 Å². The van der Waals surface area contributed by atoms with E-state index in [0.717, 1.165) is 22.6 Å². The quantitative estimate of drug-likeness (QED) is 0.582. The van der Waals surface area contributed by atoms with Gasteiger partial charge in [-0.3, -0.25) is 4.99 Å². The highest BCUT2D eigenvalue weighted by Gasteiger charge is 2.02. The molecule has 0 amide bonds. The fourth-order valence-corrected chi connectivity index (χ4v) is 2.32. The summed E-state index contributed by atoms with van der Waals surface area (Å²) in [5.74, 6) is 1.22. The van der Waals surface area contributed by atoms with E-state index >= 15 is 0 Å². The molecule has 3 aromatic carbocycles. The zero-order valence-corrected chi connectivity index (χ0v) is 13.9. The molecule has 25 heavy (non-hydrogen) atoms. The number of para-hydroxylation sites is 1. The largest absolute Gasteiger partial charge is 0.497 e. The van der Waals surface area contributed by atoms with E-state index in [1.807, 2.05) is 54.6 Å². The van der Waals surface area contributed by atoms with E-state index in [1.165, 1.54) is 12.1 Å². The van der Waals surface area contributed by atoms with Gasteiger partial charge in [-0.1, -0.05) is 24.3 Å². The number of nitrogens with zero attached hydrogens (tertiary/aromatic N) is 1. The normalized spacial score (nSPS) is 10.8. The molecule has 3 nitrogen and oxygen atoms in total. The number of halogens is 1. The van der Waals surface area contributed by atoms with Crippen LogP contribution in [0.3, 0.4) is 0 Å². The first-order valence-electron chi connectivity index (χ1n) is 7.89. The molecule has 0 atom stereocenters. The average Bonchev–Trinajstić information content (AvgIpc) is 2.66. The van der Waals surface area contributed by atoms with Gasteiger partial charge in [0.15, 0.2) is 0 Å². The molecule has 0 aliphatic carbocycles. The molecular weight excluding hydrogens is 317 g/mol. The molecule has 3 rings (SSSR count). The third-order valence-electron chi connectivity index (χ3n) is 3.63. The Balaban J connectivity index is 1.72. The molecule has 3 aromatic rings. The standard InChI is InChI=1S/C21H18FNO2/c1-24-20-11-9-19(10-12-20)23-14-17-6-2-3-8-21(17)25-15-16-5-4-7-18(22)13-16/h2-14H,15H2,1H3. The third kappa shape index (κ3) is 4.67. The highest BCUT2D eigenvalue weighted by Crippen LogP contribution is 2.21. The van der Waals surface area contributed by atoms with Crippen LogP contribution in [0.2, 0.25) is 0 Å². The summed E-state index contributed by atoms with van der Waals surface area (Å²) in [6, 6.07) is 21.5. The Hall–Kier alpha value is -3.14. The maximum atomic E-state index is 13.2. The van der Waals surface area contributed by atoms with Gasteiger partial charge in [-0.05, 0) is 54.1 Å². The number of methoxy groups -OCH3 is 1. The van der Waals surface area contributed by atoms with E-state index < -0.39 is 0 Å². The first-order valence-corrected chi connectivity index (χ1v) is 7.89.